The number of carbonyl (C=O) groups is 1. The predicted molar refractivity (Wildman–Crippen MR) is 183 cm³/mol. The topological polar surface area (TPSA) is 59.4 Å². The average Bonchev–Trinajstić information content (AvgIpc) is 3.08. The average molecular weight is 779 g/mol. The number of rotatable bonds is 10. The van der Waals surface area contributed by atoms with E-state index in [1.54, 1.807) is 6.20 Å². The summed E-state index contributed by atoms with van der Waals surface area (Å²) in [5.74, 6) is 1.55. The molecule has 0 amide bonds. The van der Waals surface area contributed by atoms with Crippen LogP contribution in [0.3, 0.4) is 0 Å². The number of aliphatic hydroxyl groups is 1. The molecule has 5 rings (SSSR count). The molecule has 1 N–H and O–H groups in total. The van der Waals surface area contributed by atoms with Crippen LogP contribution in [-0.4, -0.2) is 15.9 Å². The van der Waals surface area contributed by atoms with Crippen LogP contribution in [0.4, 0.5) is 0 Å². The molecule has 0 fully saturated rings. The molecule has 0 atom stereocenters. The molecule has 0 aliphatic rings. The van der Waals surface area contributed by atoms with Crippen molar-refractivity contribution in [3.05, 3.63) is 115 Å². The summed E-state index contributed by atoms with van der Waals surface area (Å²) in [4.78, 5) is 16.6. The molecular formula is C40H44IrNO3-. The summed E-state index contributed by atoms with van der Waals surface area (Å²) in [6.45, 7) is 12.1. The van der Waals surface area contributed by atoms with Crippen molar-refractivity contribution in [3.63, 3.8) is 0 Å². The van der Waals surface area contributed by atoms with Gasteiger partial charge in [-0.3, -0.25) is 4.79 Å². The van der Waals surface area contributed by atoms with Gasteiger partial charge < -0.3 is 9.84 Å². The molecule has 237 valence electrons. The zero-order valence-corrected chi connectivity index (χ0v) is 29.6. The maximum absolute atomic E-state index is 12.2. The number of nitrogens with zero attached hydrogens (tertiary/aromatic N) is 1. The molecule has 1 radical (unpaired) electrons. The maximum atomic E-state index is 12.2. The summed E-state index contributed by atoms with van der Waals surface area (Å²) in [5.41, 5.74) is 1.83. The van der Waals surface area contributed by atoms with Crippen LogP contribution in [0, 0.1) is 16.9 Å². The summed E-state index contributed by atoms with van der Waals surface area (Å²) in [6, 6.07) is 33.9. The van der Waals surface area contributed by atoms with E-state index in [4.69, 9.17) is 4.74 Å². The van der Waals surface area contributed by atoms with Gasteiger partial charge in [-0.25, -0.2) is 4.98 Å². The van der Waals surface area contributed by atoms with Gasteiger partial charge in [0.2, 0.25) is 5.88 Å². The van der Waals surface area contributed by atoms with Crippen molar-refractivity contribution >= 4 is 27.3 Å². The van der Waals surface area contributed by atoms with Gasteiger partial charge in [0.25, 0.3) is 0 Å². The van der Waals surface area contributed by atoms with E-state index in [0.717, 1.165) is 36.5 Å². The molecule has 0 bridgehead atoms. The van der Waals surface area contributed by atoms with Gasteiger partial charge in [-0.2, -0.15) is 18.2 Å². The SMILES string of the molecule is CCC(C)(CC)C(=O)/C=C(\O)C(C)(CC)CC.[Ir].[c-]1ccccc1Oc1nccc2c1ccc1cc(-c3ccccc3)ccc12. The molecule has 0 unspecified atom stereocenters. The quantitative estimate of drug-likeness (QED) is 0.0664. The summed E-state index contributed by atoms with van der Waals surface area (Å²) in [7, 11) is 0. The first-order chi connectivity index (χ1) is 21.2. The molecule has 0 spiro atoms. The van der Waals surface area contributed by atoms with Crippen LogP contribution in [-0.2, 0) is 24.9 Å². The van der Waals surface area contributed by atoms with Crippen LogP contribution in [0.15, 0.2) is 109 Å². The number of hydrogen-bond donors (Lipinski definition) is 1. The van der Waals surface area contributed by atoms with Crippen LogP contribution in [0.2, 0.25) is 0 Å². The third-order valence-corrected chi connectivity index (χ3v) is 9.32. The minimum Gasteiger partial charge on any atom is -0.512 e. The van der Waals surface area contributed by atoms with Crippen molar-refractivity contribution in [2.24, 2.45) is 10.8 Å². The van der Waals surface area contributed by atoms with Gasteiger partial charge in [0, 0.05) is 54.3 Å². The van der Waals surface area contributed by atoms with Gasteiger partial charge in [0.15, 0.2) is 5.78 Å². The van der Waals surface area contributed by atoms with Crippen molar-refractivity contribution < 1.29 is 34.7 Å². The fourth-order valence-corrected chi connectivity index (χ4v) is 5.09. The van der Waals surface area contributed by atoms with Crippen molar-refractivity contribution in [3.8, 4) is 22.8 Å². The number of hydrogen-bond acceptors (Lipinski definition) is 4. The number of para-hydroxylation sites is 1. The number of aromatic nitrogens is 1. The number of allylic oxidation sites excluding steroid dienone is 2. The second-order valence-corrected chi connectivity index (χ2v) is 11.8. The Labute approximate surface area is 281 Å². The van der Waals surface area contributed by atoms with E-state index in [-0.39, 0.29) is 42.5 Å². The molecule has 0 saturated carbocycles. The van der Waals surface area contributed by atoms with Crippen molar-refractivity contribution in [1.29, 1.82) is 0 Å². The van der Waals surface area contributed by atoms with Gasteiger partial charge >= 0.3 is 0 Å². The normalized spacial score (nSPS) is 11.8. The van der Waals surface area contributed by atoms with E-state index >= 15 is 0 Å². The molecule has 0 aliphatic heterocycles. The summed E-state index contributed by atoms with van der Waals surface area (Å²) in [6.07, 6.45) is 6.55. The summed E-state index contributed by atoms with van der Waals surface area (Å²) in [5, 5.41) is 14.7. The van der Waals surface area contributed by atoms with Crippen molar-refractivity contribution in [1.82, 2.24) is 4.98 Å². The van der Waals surface area contributed by atoms with E-state index in [9.17, 15) is 9.90 Å². The Bertz CT molecular complexity index is 1720. The van der Waals surface area contributed by atoms with E-state index in [2.05, 4.69) is 65.6 Å². The van der Waals surface area contributed by atoms with E-state index in [0.29, 0.717) is 11.6 Å². The molecule has 0 aliphatic carbocycles. The molecule has 4 aromatic carbocycles. The van der Waals surface area contributed by atoms with Crippen molar-refractivity contribution in [2.45, 2.75) is 67.2 Å². The van der Waals surface area contributed by atoms with Crippen molar-refractivity contribution in [2.75, 3.05) is 0 Å². The number of aliphatic hydroxyl groups excluding tert-OH is 1. The first-order valence-electron chi connectivity index (χ1n) is 15.6. The van der Waals surface area contributed by atoms with Gasteiger partial charge in [0.05, 0.1) is 0 Å². The fourth-order valence-electron chi connectivity index (χ4n) is 5.09. The number of ether oxygens (including phenoxy) is 1. The molecule has 1 heterocycles. The number of pyridine rings is 1. The zero-order valence-electron chi connectivity index (χ0n) is 27.2. The van der Waals surface area contributed by atoms with Gasteiger partial charge in [0.1, 0.15) is 5.76 Å². The molecule has 4 nitrogen and oxygen atoms in total. The zero-order chi connectivity index (χ0) is 31.7. The van der Waals surface area contributed by atoms with Gasteiger partial charge in [-0.1, -0.05) is 90.1 Å². The minimum absolute atomic E-state index is 0. The van der Waals surface area contributed by atoms with E-state index in [1.165, 1.54) is 28.0 Å². The predicted octanol–water partition coefficient (Wildman–Crippen LogP) is 11.3. The number of benzene rings is 4. The molecular weight excluding hydrogens is 735 g/mol. The standard InChI is InChI=1S/C25H16NO.C15H28O2.Ir/c1-3-7-18(8-4-1)19-11-13-22-20(17-19)12-14-24-23(22)15-16-26-25(24)27-21-9-5-2-6-10-21;1-7-14(5,8-2)12(16)11-13(17)15(6,9-3)10-4;/h1-9,11-17H;11,16H,7-10H2,1-6H3;/q-1;;/b;12-11-;. The van der Waals surface area contributed by atoms with Crippen LogP contribution in [0.5, 0.6) is 11.6 Å². The Hall–Kier alpha value is -3.79. The monoisotopic (exact) mass is 779 g/mol. The molecule has 5 heteroatoms. The van der Waals surface area contributed by atoms with Gasteiger partial charge in [-0.05, 0) is 71.2 Å². The Morgan fingerprint density at radius 2 is 1.42 bits per heavy atom. The summed E-state index contributed by atoms with van der Waals surface area (Å²) < 4.78 is 5.97. The number of fused-ring (bicyclic) bond motifs is 3. The third kappa shape index (κ3) is 8.28. The number of ketones is 1. The third-order valence-electron chi connectivity index (χ3n) is 9.32. The molecule has 45 heavy (non-hydrogen) atoms. The Kier molecular flexibility index (Phi) is 12.7. The largest absolute Gasteiger partial charge is 0.512 e. The summed E-state index contributed by atoms with van der Waals surface area (Å²) >= 11 is 0. The molecule has 5 aromatic rings. The van der Waals surface area contributed by atoms with E-state index < -0.39 is 0 Å². The Balaban J connectivity index is 0.000000270. The van der Waals surface area contributed by atoms with E-state index in [1.807, 2.05) is 77.9 Å². The maximum Gasteiger partial charge on any atom is 0.224 e. The Morgan fingerprint density at radius 3 is 2.04 bits per heavy atom. The smallest absolute Gasteiger partial charge is 0.224 e. The second kappa shape index (κ2) is 16.0. The Morgan fingerprint density at radius 1 is 0.778 bits per heavy atom. The molecule has 0 saturated heterocycles. The second-order valence-electron chi connectivity index (χ2n) is 11.8. The van der Waals surface area contributed by atoms with Crippen LogP contribution >= 0.6 is 0 Å². The first kappa shape index (κ1) is 35.7. The fraction of sp³-hybridized carbons (Fsp3) is 0.300. The van der Waals surface area contributed by atoms with Gasteiger partial charge in [-0.15, -0.1) is 12.1 Å². The van der Waals surface area contributed by atoms with Crippen LogP contribution < -0.4 is 4.74 Å². The molecule has 1 aromatic heterocycles. The van der Waals surface area contributed by atoms with Crippen LogP contribution in [0.25, 0.3) is 32.7 Å². The number of carbonyl (C=O) groups excluding carboxylic acids is 1. The first-order valence-corrected chi connectivity index (χ1v) is 15.6. The van der Waals surface area contributed by atoms with Crippen LogP contribution in [0.1, 0.15) is 67.2 Å². The minimum atomic E-state index is -0.337.